The zero-order chi connectivity index (χ0) is 18.4. The van der Waals surface area contributed by atoms with Crippen LogP contribution in [0.4, 0.5) is 5.82 Å². The van der Waals surface area contributed by atoms with Gasteiger partial charge in [0.2, 0.25) is 0 Å². The first-order chi connectivity index (χ1) is 12.1. The number of methoxy groups -OCH3 is 2. The van der Waals surface area contributed by atoms with Crippen molar-refractivity contribution in [2.75, 3.05) is 19.5 Å². The van der Waals surface area contributed by atoms with Crippen molar-refractivity contribution in [2.45, 2.75) is 33.2 Å². The maximum absolute atomic E-state index is 9.55. The molecule has 0 aliphatic carbocycles. The second kappa shape index (κ2) is 8.67. The van der Waals surface area contributed by atoms with Gasteiger partial charge in [0.15, 0.2) is 17.3 Å². The Morgan fingerprint density at radius 2 is 1.80 bits per heavy atom. The van der Waals surface area contributed by atoms with E-state index in [1.165, 1.54) is 0 Å². The van der Waals surface area contributed by atoms with Gasteiger partial charge in [0, 0.05) is 11.0 Å². The van der Waals surface area contributed by atoms with Crippen LogP contribution in [-0.2, 0) is 19.4 Å². The quantitative estimate of drug-likeness (QED) is 0.754. The van der Waals surface area contributed by atoms with Crippen molar-refractivity contribution in [3.05, 3.63) is 39.0 Å². The normalized spacial score (nSPS) is 10.2. The van der Waals surface area contributed by atoms with E-state index in [4.69, 9.17) is 9.47 Å². The van der Waals surface area contributed by atoms with E-state index < -0.39 is 0 Å². The van der Waals surface area contributed by atoms with Crippen LogP contribution in [0.5, 0.6) is 11.5 Å². The first-order valence-corrected chi connectivity index (χ1v) is 8.81. The van der Waals surface area contributed by atoms with E-state index >= 15 is 0 Å². The third kappa shape index (κ3) is 4.02. The van der Waals surface area contributed by atoms with Crippen LogP contribution in [0.1, 0.15) is 36.2 Å². The van der Waals surface area contributed by atoms with Gasteiger partial charge in [-0.25, -0.2) is 0 Å². The number of aromatic nitrogens is 2. The largest absolute Gasteiger partial charge is 0.493 e. The SMILES string of the molecule is CCc1nnc(NCc2cc(OC)c(OC)cc2Br)c(C#N)c1CC. The molecule has 7 heteroatoms. The van der Waals surface area contributed by atoms with Crippen LogP contribution in [0.2, 0.25) is 0 Å². The number of nitriles is 1. The molecule has 1 aromatic heterocycles. The van der Waals surface area contributed by atoms with Gasteiger partial charge in [-0.3, -0.25) is 0 Å². The van der Waals surface area contributed by atoms with E-state index in [2.05, 4.69) is 37.5 Å². The highest BCUT2D eigenvalue weighted by Gasteiger charge is 2.15. The van der Waals surface area contributed by atoms with Crippen molar-refractivity contribution in [3.63, 3.8) is 0 Å². The summed E-state index contributed by atoms with van der Waals surface area (Å²) in [4.78, 5) is 0. The van der Waals surface area contributed by atoms with Gasteiger partial charge in [-0.05, 0) is 36.1 Å². The second-order valence-electron chi connectivity index (χ2n) is 5.32. The lowest BCUT2D eigenvalue weighted by Crippen LogP contribution is -2.10. The number of nitrogens with zero attached hydrogens (tertiary/aromatic N) is 3. The third-order valence-corrected chi connectivity index (χ3v) is 4.69. The topological polar surface area (TPSA) is 80.1 Å². The maximum Gasteiger partial charge on any atom is 0.167 e. The molecule has 0 bridgehead atoms. The monoisotopic (exact) mass is 404 g/mol. The molecule has 0 fully saturated rings. The number of hydrogen-bond acceptors (Lipinski definition) is 6. The van der Waals surface area contributed by atoms with E-state index in [1.807, 2.05) is 26.0 Å². The summed E-state index contributed by atoms with van der Waals surface area (Å²) in [5, 5.41) is 21.2. The Kier molecular flexibility index (Phi) is 6.59. The summed E-state index contributed by atoms with van der Waals surface area (Å²) in [6.45, 7) is 4.50. The summed E-state index contributed by atoms with van der Waals surface area (Å²) in [6.07, 6.45) is 1.50. The minimum Gasteiger partial charge on any atom is -0.493 e. The van der Waals surface area contributed by atoms with Crippen LogP contribution >= 0.6 is 15.9 Å². The van der Waals surface area contributed by atoms with Crippen molar-refractivity contribution < 1.29 is 9.47 Å². The zero-order valence-corrected chi connectivity index (χ0v) is 16.4. The van der Waals surface area contributed by atoms with E-state index in [0.717, 1.165) is 34.1 Å². The molecule has 0 radical (unpaired) electrons. The maximum atomic E-state index is 9.55. The van der Waals surface area contributed by atoms with Crippen molar-refractivity contribution >= 4 is 21.7 Å². The molecule has 1 N–H and O–H groups in total. The van der Waals surface area contributed by atoms with Gasteiger partial charge in [0.25, 0.3) is 0 Å². The highest BCUT2D eigenvalue weighted by atomic mass is 79.9. The van der Waals surface area contributed by atoms with E-state index in [-0.39, 0.29) is 0 Å². The lowest BCUT2D eigenvalue weighted by atomic mass is 10.0. The molecule has 6 nitrogen and oxygen atoms in total. The van der Waals surface area contributed by atoms with Crippen LogP contribution in [0.25, 0.3) is 0 Å². The number of hydrogen-bond donors (Lipinski definition) is 1. The van der Waals surface area contributed by atoms with Gasteiger partial charge >= 0.3 is 0 Å². The van der Waals surface area contributed by atoms with Crippen LogP contribution in [0.15, 0.2) is 16.6 Å². The molecule has 0 atom stereocenters. The molecule has 1 aromatic carbocycles. The van der Waals surface area contributed by atoms with E-state index in [0.29, 0.717) is 29.4 Å². The second-order valence-corrected chi connectivity index (χ2v) is 6.17. The smallest absolute Gasteiger partial charge is 0.167 e. The average Bonchev–Trinajstić information content (AvgIpc) is 2.65. The molecule has 132 valence electrons. The van der Waals surface area contributed by atoms with Crippen molar-refractivity contribution in [1.29, 1.82) is 5.26 Å². The lowest BCUT2D eigenvalue weighted by molar-refractivity contribution is 0.354. The predicted molar refractivity (Wildman–Crippen MR) is 100 cm³/mol. The Hall–Kier alpha value is -2.33. The summed E-state index contributed by atoms with van der Waals surface area (Å²) < 4.78 is 11.5. The third-order valence-electron chi connectivity index (χ3n) is 3.96. The van der Waals surface area contributed by atoms with Crippen LogP contribution in [0.3, 0.4) is 0 Å². The number of ether oxygens (including phenoxy) is 2. The van der Waals surface area contributed by atoms with Crippen molar-refractivity contribution in [1.82, 2.24) is 10.2 Å². The molecule has 0 aliphatic heterocycles. The molecule has 0 unspecified atom stereocenters. The summed E-state index contributed by atoms with van der Waals surface area (Å²) in [7, 11) is 3.19. The fourth-order valence-electron chi connectivity index (χ4n) is 2.63. The Balaban J connectivity index is 2.32. The average molecular weight is 405 g/mol. The highest BCUT2D eigenvalue weighted by Crippen LogP contribution is 2.33. The number of anilines is 1. The molecule has 0 aliphatic rings. The number of halogens is 1. The van der Waals surface area contributed by atoms with Gasteiger partial charge in [-0.1, -0.05) is 29.8 Å². The van der Waals surface area contributed by atoms with Gasteiger partial charge in [0.05, 0.1) is 19.9 Å². The van der Waals surface area contributed by atoms with Crippen LogP contribution in [0, 0.1) is 11.3 Å². The minimum absolute atomic E-state index is 0.471. The van der Waals surface area contributed by atoms with Crippen molar-refractivity contribution in [2.24, 2.45) is 0 Å². The number of rotatable bonds is 7. The Morgan fingerprint density at radius 3 is 2.36 bits per heavy atom. The highest BCUT2D eigenvalue weighted by molar-refractivity contribution is 9.10. The fraction of sp³-hybridized carbons (Fsp3) is 0.389. The number of aryl methyl sites for hydroxylation is 1. The van der Waals surface area contributed by atoms with Gasteiger partial charge < -0.3 is 14.8 Å². The molecule has 2 rings (SSSR count). The summed E-state index contributed by atoms with van der Waals surface area (Å²) in [5.41, 5.74) is 3.35. The fourth-order valence-corrected chi connectivity index (χ4v) is 3.09. The van der Waals surface area contributed by atoms with Crippen LogP contribution < -0.4 is 14.8 Å². The molecule has 2 aromatic rings. The van der Waals surface area contributed by atoms with Gasteiger partial charge in [-0.2, -0.15) is 10.4 Å². The minimum atomic E-state index is 0.471. The first-order valence-electron chi connectivity index (χ1n) is 8.02. The van der Waals surface area contributed by atoms with Crippen molar-refractivity contribution in [3.8, 4) is 17.6 Å². The molecule has 0 saturated carbocycles. The summed E-state index contributed by atoms with van der Waals surface area (Å²) in [5.74, 6) is 1.79. The molecule has 0 spiro atoms. The predicted octanol–water partition coefficient (Wildman–Crippen LogP) is 3.86. The first kappa shape index (κ1) is 19.0. The molecule has 0 amide bonds. The number of benzene rings is 1. The molecule has 0 saturated heterocycles. The standard InChI is InChI=1S/C18H21BrN4O2/c1-5-12-13(9-20)18(23-22-15(12)6-2)21-10-11-7-16(24-3)17(25-4)8-14(11)19/h7-8H,5-6,10H2,1-4H3,(H,21,23). The van der Waals surface area contributed by atoms with Crippen LogP contribution in [-0.4, -0.2) is 24.4 Å². The zero-order valence-electron chi connectivity index (χ0n) is 14.8. The number of nitrogens with one attached hydrogen (secondary N) is 1. The Bertz CT molecular complexity index is 803. The lowest BCUT2D eigenvalue weighted by Gasteiger charge is -2.14. The molecule has 1 heterocycles. The molecule has 25 heavy (non-hydrogen) atoms. The molecular formula is C18H21BrN4O2. The Labute approximate surface area is 156 Å². The van der Waals surface area contributed by atoms with Gasteiger partial charge in [-0.15, -0.1) is 5.10 Å². The summed E-state index contributed by atoms with van der Waals surface area (Å²) in [6, 6.07) is 6.00. The van der Waals surface area contributed by atoms with E-state index in [1.54, 1.807) is 14.2 Å². The summed E-state index contributed by atoms with van der Waals surface area (Å²) >= 11 is 3.53. The van der Waals surface area contributed by atoms with E-state index in [9.17, 15) is 5.26 Å². The Morgan fingerprint density at radius 1 is 1.12 bits per heavy atom. The molecular weight excluding hydrogens is 384 g/mol. The van der Waals surface area contributed by atoms with Gasteiger partial charge in [0.1, 0.15) is 11.6 Å².